The lowest BCUT2D eigenvalue weighted by atomic mass is 9.91. The van der Waals surface area contributed by atoms with Gasteiger partial charge in [-0.05, 0) is 12.1 Å². The number of nitrogens with zero attached hydrogens (tertiary/aromatic N) is 2. The normalized spacial score (nSPS) is 12.7. The lowest BCUT2D eigenvalue weighted by Crippen LogP contribution is -2.36. The molecule has 0 heterocycles. The maximum absolute atomic E-state index is 10.3. The molecule has 0 aliphatic heterocycles. The number of benzene rings is 2. The third-order valence-corrected chi connectivity index (χ3v) is 4.08. The summed E-state index contributed by atoms with van der Waals surface area (Å²) in [5.74, 6) is 0.258. The molecule has 0 aliphatic carbocycles. The number of hydrogen-bond donors (Lipinski definition) is 4. The molecule has 2 rings (SSSR count). The molecule has 0 aromatic heterocycles. The summed E-state index contributed by atoms with van der Waals surface area (Å²) in [6.45, 7) is 0.860. The molecule has 4 N–H and O–H groups in total. The van der Waals surface area contributed by atoms with E-state index in [1.54, 1.807) is 36.4 Å². The summed E-state index contributed by atoms with van der Waals surface area (Å²) >= 11 is 0. The van der Waals surface area contributed by atoms with Crippen LogP contribution in [0.25, 0.3) is 0 Å². The lowest BCUT2D eigenvalue weighted by Gasteiger charge is -2.30. The van der Waals surface area contributed by atoms with Crippen LogP contribution < -0.4 is 10.6 Å². The monoisotopic (exact) mass is 350 g/mol. The maximum Gasteiger partial charge on any atom is 0.120 e. The van der Waals surface area contributed by atoms with Crippen LogP contribution >= 0.6 is 0 Å². The minimum Gasteiger partial charge on any atom is -0.508 e. The minimum atomic E-state index is -0.392. The lowest BCUT2D eigenvalue weighted by molar-refractivity contribution is 0.361. The zero-order valence-corrected chi connectivity index (χ0v) is 14.4. The molecular weight excluding hydrogens is 328 g/mol. The molecule has 0 fully saturated rings. The van der Waals surface area contributed by atoms with Crippen molar-refractivity contribution >= 4 is 0 Å². The first-order valence-electron chi connectivity index (χ1n) is 8.45. The Kier molecular flexibility index (Phi) is 7.45. The van der Waals surface area contributed by atoms with Crippen molar-refractivity contribution in [3.8, 4) is 23.6 Å². The summed E-state index contributed by atoms with van der Waals surface area (Å²) in [5, 5.41) is 44.9. The smallest absolute Gasteiger partial charge is 0.120 e. The molecule has 0 radical (unpaired) electrons. The van der Waals surface area contributed by atoms with Crippen LogP contribution in [-0.4, -0.2) is 23.3 Å². The number of phenolic OH excluding ortho intramolecular Hbond substituents is 2. The second-order valence-electron chi connectivity index (χ2n) is 5.80. The van der Waals surface area contributed by atoms with Gasteiger partial charge in [-0.3, -0.25) is 0 Å². The number of hydrogen-bond acceptors (Lipinski definition) is 6. The van der Waals surface area contributed by atoms with Gasteiger partial charge < -0.3 is 20.8 Å². The van der Waals surface area contributed by atoms with E-state index in [9.17, 15) is 10.2 Å². The van der Waals surface area contributed by atoms with Gasteiger partial charge in [-0.25, -0.2) is 0 Å². The molecule has 0 saturated heterocycles. The summed E-state index contributed by atoms with van der Waals surface area (Å²) in [4.78, 5) is 0. The Balaban J connectivity index is 2.43. The Morgan fingerprint density at radius 1 is 0.731 bits per heavy atom. The van der Waals surface area contributed by atoms with Crippen molar-refractivity contribution in [1.82, 2.24) is 10.6 Å². The number of aromatic hydroxyl groups is 2. The van der Waals surface area contributed by atoms with Crippen molar-refractivity contribution in [3.63, 3.8) is 0 Å². The Morgan fingerprint density at radius 2 is 1.12 bits per heavy atom. The van der Waals surface area contributed by atoms with E-state index >= 15 is 0 Å². The molecule has 0 saturated carbocycles. The zero-order valence-electron chi connectivity index (χ0n) is 14.4. The van der Waals surface area contributed by atoms with Crippen molar-refractivity contribution in [2.45, 2.75) is 24.9 Å². The highest BCUT2D eigenvalue weighted by molar-refractivity contribution is 5.41. The highest BCUT2D eigenvalue weighted by Gasteiger charge is 2.27. The molecule has 2 aromatic carbocycles. The summed E-state index contributed by atoms with van der Waals surface area (Å²) in [6.07, 6.45) is 0.631. The molecule has 6 heteroatoms. The Morgan fingerprint density at radius 3 is 1.46 bits per heavy atom. The van der Waals surface area contributed by atoms with Crippen LogP contribution in [0, 0.1) is 22.7 Å². The topological polar surface area (TPSA) is 112 Å². The van der Waals surface area contributed by atoms with Gasteiger partial charge in [0.15, 0.2) is 0 Å². The van der Waals surface area contributed by atoms with Crippen molar-refractivity contribution in [1.29, 1.82) is 10.5 Å². The molecule has 0 aliphatic rings. The zero-order chi connectivity index (χ0) is 18.8. The second-order valence-corrected chi connectivity index (χ2v) is 5.80. The molecule has 2 aromatic rings. The minimum absolute atomic E-state index is 0.129. The third-order valence-electron chi connectivity index (χ3n) is 4.08. The molecule has 2 atom stereocenters. The van der Waals surface area contributed by atoms with Gasteiger partial charge in [-0.15, -0.1) is 0 Å². The fourth-order valence-electron chi connectivity index (χ4n) is 2.88. The SMILES string of the molecule is N#CCCN[C@@H](c1ccccc1O)[C@@H](NCCC#N)c1ccccc1O. The molecule has 0 spiro atoms. The van der Waals surface area contributed by atoms with Gasteiger partial charge in [0.05, 0.1) is 24.2 Å². The third kappa shape index (κ3) is 4.97. The molecular formula is C20H22N4O2. The Bertz CT molecular complexity index is 727. The largest absolute Gasteiger partial charge is 0.508 e. The van der Waals surface area contributed by atoms with Gasteiger partial charge >= 0.3 is 0 Å². The molecule has 0 bridgehead atoms. The van der Waals surface area contributed by atoms with Gasteiger partial charge in [0.1, 0.15) is 11.5 Å². The van der Waals surface area contributed by atoms with E-state index in [1.807, 2.05) is 12.1 Å². The average molecular weight is 350 g/mol. The van der Waals surface area contributed by atoms with Crippen molar-refractivity contribution in [2.24, 2.45) is 0 Å². The number of phenols is 2. The molecule has 134 valence electrons. The summed E-state index contributed by atoms with van der Waals surface area (Å²) in [6, 6.07) is 17.3. The van der Waals surface area contributed by atoms with Crippen LogP contribution in [0.3, 0.4) is 0 Å². The van der Waals surface area contributed by atoms with E-state index in [4.69, 9.17) is 10.5 Å². The quantitative estimate of drug-likeness (QED) is 0.517. The number of para-hydroxylation sites is 2. The fourth-order valence-corrected chi connectivity index (χ4v) is 2.88. The van der Waals surface area contributed by atoms with E-state index in [0.29, 0.717) is 37.1 Å². The van der Waals surface area contributed by atoms with E-state index in [2.05, 4.69) is 22.8 Å². The predicted octanol–water partition coefficient (Wildman–Crippen LogP) is 2.89. The van der Waals surface area contributed by atoms with E-state index in [1.165, 1.54) is 0 Å². The van der Waals surface area contributed by atoms with E-state index in [0.717, 1.165) is 0 Å². The summed E-state index contributed by atoms with van der Waals surface area (Å²) in [5.41, 5.74) is 1.31. The highest BCUT2D eigenvalue weighted by atomic mass is 16.3. The van der Waals surface area contributed by atoms with E-state index < -0.39 is 12.1 Å². The van der Waals surface area contributed by atoms with Crippen LogP contribution in [0.1, 0.15) is 36.1 Å². The fraction of sp³-hybridized carbons (Fsp3) is 0.300. The van der Waals surface area contributed by atoms with Crippen LogP contribution in [0.2, 0.25) is 0 Å². The van der Waals surface area contributed by atoms with Gasteiger partial charge in [0.2, 0.25) is 0 Å². The molecule has 0 unspecified atom stereocenters. The van der Waals surface area contributed by atoms with E-state index in [-0.39, 0.29) is 11.5 Å². The Labute approximate surface area is 153 Å². The number of rotatable bonds is 9. The van der Waals surface area contributed by atoms with Gasteiger partial charge in [0.25, 0.3) is 0 Å². The maximum atomic E-state index is 10.3. The van der Waals surface area contributed by atoms with Gasteiger partial charge in [-0.2, -0.15) is 10.5 Å². The summed E-state index contributed by atoms with van der Waals surface area (Å²) < 4.78 is 0. The first kappa shape index (κ1) is 19.3. The summed E-state index contributed by atoms with van der Waals surface area (Å²) in [7, 11) is 0. The number of nitriles is 2. The van der Waals surface area contributed by atoms with Crippen LogP contribution in [0.4, 0.5) is 0 Å². The molecule has 26 heavy (non-hydrogen) atoms. The van der Waals surface area contributed by atoms with Crippen LogP contribution in [0.5, 0.6) is 11.5 Å². The van der Waals surface area contributed by atoms with Crippen molar-refractivity contribution in [2.75, 3.05) is 13.1 Å². The first-order chi connectivity index (χ1) is 12.7. The molecule has 0 amide bonds. The molecule has 6 nitrogen and oxygen atoms in total. The second kappa shape index (κ2) is 10.0. The first-order valence-corrected chi connectivity index (χ1v) is 8.45. The van der Waals surface area contributed by atoms with Crippen molar-refractivity contribution < 1.29 is 10.2 Å². The van der Waals surface area contributed by atoms with Crippen molar-refractivity contribution in [3.05, 3.63) is 59.7 Å². The van der Waals surface area contributed by atoms with Gasteiger partial charge in [-0.1, -0.05) is 36.4 Å². The number of nitrogens with one attached hydrogen (secondary N) is 2. The van der Waals surface area contributed by atoms with Gasteiger partial charge in [0, 0.05) is 37.1 Å². The standard InChI is InChI=1S/C20H22N4O2/c21-11-5-13-23-19(15-7-1-3-9-17(15)25)20(24-14-6-12-22)16-8-2-4-10-18(16)26/h1-4,7-10,19-20,23-26H,5-6,13-14H2/t19-,20-/m0/s1. The van der Waals surface area contributed by atoms with Crippen LogP contribution in [0.15, 0.2) is 48.5 Å². The average Bonchev–Trinajstić information content (AvgIpc) is 2.65. The van der Waals surface area contributed by atoms with Crippen LogP contribution in [-0.2, 0) is 0 Å². The highest BCUT2D eigenvalue weighted by Crippen LogP contribution is 2.36. The Hall–Kier alpha value is -3.06. The predicted molar refractivity (Wildman–Crippen MR) is 98.2 cm³/mol.